The Morgan fingerprint density at radius 2 is 1.78 bits per heavy atom. The van der Waals surface area contributed by atoms with Crippen molar-refractivity contribution in [1.29, 1.82) is 0 Å². The number of furan rings is 1. The number of carbonyl (C=O) groups is 1. The van der Waals surface area contributed by atoms with Crippen LogP contribution in [0.25, 0.3) is 27.7 Å². The molecule has 4 rings (SSSR count). The second kappa shape index (κ2) is 10.6. The molecule has 0 aliphatic heterocycles. The molecule has 1 heterocycles. The largest absolute Gasteiger partial charge is 0.496 e. The van der Waals surface area contributed by atoms with Crippen molar-refractivity contribution >= 4 is 28.1 Å². The van der Waals surface area contributed by atoms with Crippen LogP contribution in [-0.4, -0.2) is 26.7 Å². The Balaban J connectivity index is 1.73. The number of amides is 1. The smallest absolute Gasteiger partial charge is 0.248 e. The average Bonchev–Trinajstić information content (AvgIpc) is 3.29. The number of aryl methyl sites for hydroxylation is 2. The first-order valence-corrected chi connectivity index (χ1v) is 11.8. The lowest BCUT2D eigenvalue weighted by molar-refractivity contribution is -0.111. The third-order valence-corrected chi connectivity index (χ3v) is 6.11. The van der Waals surface area contributed by atoms with Gasteiger partial charge in [0, 0.05) is 28.2 Å². The number of rotatable bonds is 8. The van der Waals surface area contributed by atoms with Crippen LogP contribution >= 0.6 is 0 Å². The molecule has 0 unspecified atom stereocenters. The maximum absolute atomic E-state index is 12.9. The molecule has 0 spiro atoms. The number of nitrogens with one attached hydrogen (secondary N) is 1. The monoisotopic (exact) mass is 485 g/mol. The first-order chi connectivity index (χ1) is 17.4. The van der Waals surface area contributed by atoms with E-state index in [9.17, 15) is 4.79 Å². The Labute approximate surface area is 211 Å². The Kier molecular flexibility index (Phi) is 7.34. The van der Waals surface area contributed by atoms with E-state index in [1.54, 1.807) is 26.6 Å². The molecule has 0 atom stereocenters. The molecule has 1 aromatic heterocycles. The van der Waals surface area contributed by atoms with Gasteiger partial charge in [-0.2, -0.15) is 0 Å². The number of methoxy groups -OCH3 is 2. The molecule has 4 aromatic rings. The van der Waals surface area contributed by atoms with Crippen molar-refractivity contribution in [1.82, 2.24) is 0 Å². The number of carbonyl (C=O) groups excluding carboxylic acids is 1. The van der Waals surface area contributed by atoms with Gasteiger partial charge < -0.3 is 23.9 Å². The molecule has 3 aromatic carbocycles. The van der Waals surface area contributed by atoms with Gasteiger partial charge in [-0.15, -0.1) is 0 Å². The van der Waals surface area contributed by atoms with Crippen molar-refractivity contribution in [2.45, 2.75) is 27.7 Å². The number of fused-ring (bicyclic) bond motifs is 1. The predicted molar refractivity (Wildman–Crippen MR) is 144 cm³/mol. The van der Waals surface area contributed by atoms with Crippen molar-refractivity contribution in [2.75, 3.05) is 26.1 Å². The van der Waals surface area contributed by atoms with Crippen LogP contribution in [0.15, 0.2) is 65.3 Å². The molecule has 1 N–H and O–H groups in total. The summed E-state index contributed by atoms with van der Waals surface area (Å²) in [6.45, 7) is 8.40. The van der Waals surface area contributed by atoms with Gasteiger partial charge in [-0.1, -0.05) is 18.2 Å². The second-order valence-electron chi connectivity index (χ2n) is 8.59. The minimum Gasteiger partial charge on any atom is -0.496 e. The van der Waals surface area contributed by atoms with E-state index in [4.69, 9.17) is 18.6 Å². The van der Waals surface area contributed by atoms with Crippen LogP contribution in [0.2, 0.25) is 0 Å². The van der Waals surface area contributed by atoms with E-state index in [1.807, 2.05) is 76.2 Å². The van der Waals surface area contributed by atoms with Gasteiger partial charge >= 0.3 is 0 Å². The lowest BCUT2D eigenvalue weighted by Crippen LogP contribution is -2.10. The summed E-state index contributed by atoms with van der Waals surface area (Å²) in [5.41, 5.74) is 6.83. The van der Waals surface area contributed by atoms with E-state index in [0.717, 1.165) is 50.1 Å². The quantitative estimate of drug-likeness (QED) is 0.268. The number of anilines is 1. The lowest BCUT2D eigenvalue weighted by atomic mass is 9.96. The first-order valence-electron chi connectivity index (χ1n) is 11.8. The van der Waals surface area contributed by atoms with Gasteiger partial charge in [0.1, 0.15) is 22.8 Å². The fourth-order valence-corrected chi connectivity index (χ4v) is 4.36. The van der Waals surface area contributed by atoms with E-state index in [0.29, 0.717) is 23.8 Å². The van der Waals surface area contributed by atoms with Crippen LogP contribution in [0.1, 0.15) is 30.5 Å². The van der Waals surface area contributed by atoms with Crippen molar-refractivity contribution in [2.24, 2.45) is 0 Å². The fourth-order valence-electron chi connectivity index (χ4n) is 4.36. The highest BCUT2D eigenvalue weighted by Gasteiger charge is 2.19. The third-order valence-electron chi connectivity index (χ3n) is 6.11. The number of allylic oxidation sites excluding steroid dienone is 1. The highest BCUT2D eigenvalue weighted by Crippen LogP contribution is 2.41. The fraction of sp³-hybridized carbons (Fsp3) is 0.233. The van der Waals surface area contributed by atoms with E-state index in [-0.39, 0.29) is 5.91 Å². The summed E-state index contributed by atoms with van der Waals surface area (Å²) in [6, 6.07) is 15.6. The van der Waals surface area contributed by atoms with E-state index in [2.05, 4.69) is 5.32 Å². The van der Waals surface area contributed by atoms with Crippen LogP contribution in [-0.2, 0) is 4.79 Å². The average molecular weight is 486 g/mol. The van der Waals surface area contributed by atoms with Crippen LogP contribution in [0.5, 0.6) is 17.2 Å². The summed E-state index contributed by atoms with van der Waals surface area (Å²) in [5, 5.41) is 3.87. The van der Waals surface area contributed by atoms with E-state index < -0.39 is 0 Å². The number of hydrogen-bond donors (Lipinski definition) is 1. The maximum Gasteiger partial charge on any atom is 0.248 e. The van der Waals surface area contributed by atoms with Crippen LogP contribution in [0.3, 0.4) is 0 Å². The zero-order valence-corrected chi connectivity index (χ0v) is 21.5. The van der Waals surface area contributed by atoms with Crippen molar-refractivity contribution < 1.29 is 23.4 Å². The SMILES string of the molecule is CCOc1ccc(-c2coc3c(C)c(OC)c(/C(C)=C/C(=O)Nc4cc(C)ccc4OC)cc23)cc1. The first kappa shape index (κ1) is 24.9. The second-order valence-corrected chi connectivity index (χ2v) is 8.59. The maximum atomic E-state index is 12.9. The molecule has 0 fully saturated rings. The zero-order valence-electron chi connectivity index (χ0n) is 21.5. The summed E-state index contributed by atoms with van der Waals surface area (Å²) in [4.78, 5) is 12.9. The standard InChI is InChI=1S/C30H31NO5/c1-7-35-22-11-9-21(10-12-22)25-17-36-30-20(4)29(34-6)23(16-24(25)30)19(3)15-28(32)31-26-14-18(2)8-13-27(26)33-5/h8-17H,7H2,1-6H3,(H,31,32)/b19-15+. The minimum absolute atomic E-state index is 0.255. The Bertz CT molecular complexity index is 1430. The number of benzene rings is 3. The van der Waals surface area contributed by atoms with Crippen LogP contribution in [0, 0.1) is 13.8 Å². The molecule has 0 radical (unpaired) electrons. The van der Waals surface area contributed by atoms with Gasteiger partial charge in [0.15, 0.2) is 0 Å². The molecule has 1 amide bonds. The number of ether oxygens (including phenoxy) is 3. The summed E-state index contributed by atoms with van der Waals surface area (Å²) >= 11 is 0. The van der Waals surface area contributed by atoms with E-state index >= 15 is 0 Å². The summed E-state index contributed by atoms with van der Waals surface area (Å²) in [7, 11) is 3.20. The van der Waals surface area contributed by atoms with Gasteiger partial charge in [0.05, 0.1) is 32.8 Å². The zero-order chi connectivity index (χ0) is 25.8. The Hall–Kier alpha value is -4.19. The molecule has 6 heteroatoms. The van der Waals surface area contributed by atoms with Crippen molar-refractivity contribution in [3.8, 4) is 28.4 Å². The van der Waals surface area contributed by atoms with Gasteiger partial charge in [-0.25, -0.2) is 0 Å². The van der Waals surface area contributed by atoms with Crippen molar-refractivity contribution in [3.05, 3.63) is 77.6 Å². The molecule has 36 heavy (non-hydrogen) atoms. The highest BCUT2D eigenvalue weighted by molar-refractivity contribution is 6.06. The third kappa shape index (κ3) is 4.93. The molecule has 0 bridgehead atoms. The van der Waals surface area contributed by atoms with Gasteiger partial charge in [0.2, 0.25) is 5.91 Å². The van der Waals surface area contributed by atoms with Crippen LogP contribution < -0.4 is 19.5 Å². The Morgan fingerprint density at radius 3 is 2.44 bits per heavy atom. The van der Waals surface area contributed by atoms with E-state index in [1.165, 1.54) is 0 Å². The molecular weight excluding hydrogens is 454 g/mol. The van der Waals surface area contributed by atoms with Gasteiger partial charge in [-0.3, -0.25) is 4.79 Å². The minimum atomic E-state index is -0.255. The summed E-state index contributed by atoms with van der Waals surface area (Å²) < 4.78 is 22.7. The molecule has 0 aliphatic rings. The molecule has 0 aliphatic carbocycles. The summed E-state index contributed by atoms with van der Waals surface area (Å²) in [5.74, 6) is 1.84. The van der Waals surface area contributed by atoms with Gasteiger partial charge in [-0.05, 0) is 74.7 Å². The molecular formula is C30H31NO5. The van der Waals surface area contributed by atoms with Crippen LogP contribution in [0.4, 0.5) is 5.69 Å². The topological polar surface area (TPSA) is 69.9 Å². The van der Waals surface area contributed by atoms with Gasteiger partial charge in [0.25, 0.3) is 0 Å². The molecule has 0 saturated carbocycles. The summed E-state index contributed by atoms with van der Waals surface area (Å²) in [6.07, 6.45) is 3.33. The molecule has 0 saturated heterocycles. The van der Waals surface area contributed by atoms with Crippen molar-refractivity contribution in [3.63, 3.8) is 0 Å². The Morgan fingerprint density at radius 1 is 1.03 bits per heavy atom. The highest BCUT2D eigenvalue weighted by atomic mass is 16.5. The number of hydrogen-bond acceptors (Lipinski definition) is 5. The normalized spacial score (nSPS) is 11.4. The molecule has 186 valence electrons. The lowest BCUT2D eigenvalue weighted by Gasteiger charge is -2.14. The molecule has 6 nitrogen and oxygen atoms in total. The predicted octanol–water partition coefficient (Wildman–Crippen LogP) is 7.17.